The van der Waals surface area contributed by atoms with Crippen LogP contribution in [-0.4, -0.2) is 22.8 Å². The highest BCUT2D eigenvalue weighted by Crippen LogP contribution is 2.41. The largest absolute Gasteiger partial charge is 0.311 e. The summed E-state index contributed by atoms with van der Waals surface area (Å²) in [6.45, 7) is 3.75. The van der Waals surface area contributed by atoms with Crippen LogP contribution >= 0.6 is 0 Å². The summed E-state index contributed by atoms with van der Waals surface area (Å²) in [5.74, 6) is -0.556. The van der Waals surface area contributed by atoms with Crippen molar-refractivity contribution in [3.63, 3.8) is 0 Å². The Bertz CT molecular complexity index is 1830. The first kappa shape index (κ1) is 30.5. The number of hydrogen-bond acceptors (Lipinski definition) is 4. The number of rotatable bonds is 9. The van der Waals surface area contributed by atoms with Gasteiger partial charge in [-0.05, 0) is 97.8 Å². The van der Waals surface area contributed by atoms with Crippen LogP contribution in [0.3, 0.4) is 0 Å². The molecule has 0 fully saturated rings. The summed E-state index contributed by atoms with van der Waals surface area (Å²) < 4.78 is 0. The van der Waals surface area contributed by atoms with E-state index >= 15 is 0 Å². The molecule has 6 aromatic carbocycles. The van der Waals surface area contributed by atoms with Gasteiger partial charge in [0.2, 0.25) is 0 Å². The van der Waals surface area contributed by atoms with E-state index in [2.05, 4.69) is 58.3 Å². The summed E-state index contributed by atoms with van der Waals surface area (Å²) in [5.41, 5.74) is 8.23. The number of benzene rings is 6. The molecule has 5 heteroatoms. The Morgan fingerprint density at radius 2 is 0.625 bits per heavy atom. The van der Waals surface area contributed by atoms with Gasteiger partial charge in [-0.15, -0.1) is 0 Å². The van der Waals surface area contributed by atoms with Gasteiger partial charge in [-0.1, -0.05) is 97.1 Å². The summed E-state index contributed by atoms with van der Waals surface area (Å²) >= 11 is 0. The number of para-hydroxylation sites is 4. The van der Waals surface area contributed by atoms with Gasteiger partial charge in [0.15, 0.2) is 0 Å². The van der Waals surface area contributed by atoms with Crippen LogP contribution in [0.15, 0.2) is 170 Å². The average Bonchev–Trinajstić information content (AvgIpc) is 3.40. The highest BCUT2D eigenvalue weighted by molar-refractivity contribution is 6.49. The van der Waals surface area contributed by atoms with Crippen LogP contribution in [-0.2, 0) is 9.59 Å². The first-order chi connectivity index (χ1) is 23.5. The fourth-order valence-electron chi connectivity index (χ4n) is 6.31. The lowest BCUT2D eigenvalue weighted by atomic mass is 9.95. The molecule has 1 heterocycles. The molecule has 0 spiro atoms. The molecule has 234 valence electrons. The second-order valence-electron chi connectivity index (χ2n) is 11.9. The SMILES string of the molecule is CC(C)N1C(=O)C(c2ccc(N(c3ccccc3)c3ccccc3)cc2)=C(c2ccc(N(c3ccccc3)c3ccccc3)cc2)C1=O. The molecule has 1 aliphatic rings. The van der Waals surface area contributed by atoms with Crippen LogP contribution in [0.4, 0.5) is 34.1 Å². The van der Waals surface area contributed by atoms with Crippen LogP contribution in [0.5, 0.6) is 0 Å². The van der Waals surface area contributed by atoms with E-state index in [-0.39, 0.29) is 17.9 Å². The topological polar surface area (TPSA) is 43.9 Å². The number of carbonyl (C=O) groups is 2. The zero-order valence-corrected chi connectivity index (χ0v) is 26.9. The number of carbonyl (C=O) groups excluding carboxylic acids is 2. The van der Waals surface area contributed by atoms with E-state index in [1.807, 2.05) is 135 Å². The maximum Gasteiger partial charge on any atom is 0.262 e. The normalized spacial score (nSPS) is 12.9. The van der Waals surface area contributed by atoms with E-state index in [9.17, 15) is 9.59 Å². The van der Waals surface area contributed by atoms with Gasteiger partial charge < -0.3 is 9.80 Å². The van der Waals surface area contributed by atoms with Crippen molar-refractivity contribution < 1.29 is 9.59 Å². The minimum Gasteiger partial charge on any atom is -0.311 e. The molecule has 6 aromatic rings. The van der Waals surface area contributed by atoms with Crippen molar-refractivity contribution in [1.29, 1.82) is 0 Å². The molecule has 0 aromatic heterocycles. The molecule has 0 aliphatic carbocycles. The molecule has 0 saturated carbocycles. The molecule has 48 heavy (non-hydrogen) atoms. The van der Waals surface area contributed by atoms with Gasteiger partial charge in [0, 0.05) is 40.2 Å². The lowest BCUT2D eigenvalue weighted by molar-refractivity contribution is -0.137. The zero-order chi connectivity index (χ0) is 33.0. The molecule has 2 amide bonds. The summed E-state index contributed by atoms with van der Waals surface area (Å²) in [6.07, 6.45) is 0. The van der Waals surface area contributed by atoms with E-state index in [0.717, 1.165) is 34.1 Å². The average molecular weight is 626 g/mol. The Kier molecular flexibility index (Phi) is 8.42. The van der Waals surface area contributed by atoms with E-state index in [0.29, 0.717) is 22.3 Å². The van der Waals surface area contributed by atoms with Crippen molar-refractivity contribution >= 4 is 57.1 Å². The summed E-state index contributed by atoms with van der Waals surface area (Å²) in [7, 11) is 0. The first-order valence-electron chi connectivity index (χ1n) is 16.1. The molecular weight excluding hydrogens is 590 g/mol. The molecule has 0 bridgehead atoms. The Hall–Kier alpha value is -6.20. The Morgan fingerprint density at radius 3 is 0.875 bits per heavy atom. The van der Waals surface area contributed by atoms with Gasteiger partial charge in [0.25, 0.3) is 11.8 Å². The van der Waals surface area contributed by atoms with Crippen molar-refractivity contribution in [3.05, 3.63) is 181 Å². The maximum absolute atomic E-state index is 14.0. The number of imide groups is 1. The van der Waals surface area contributed by atoms with Crippen LogP contribution in [0, 0.1) is 0 Å². The maximum atomic E-state index is 14.0. The lowest BCUT2D eigenvalue weighted by Gasteiger charge is -2.25. The smallest absolute Gasteiger partial charge is 0.262 e. The van der Waals surface area contributed by atoms with Crippen LogP contribution in [0.2, 0.25) is 0 Å². The van der Waals surface area contributed by atoms with Crippen molar-refractivity contribution in [2.45, 2.75) is 19.9 Å². The van der Waals surface area contributed by atoms with E-state index < -0.39 is 0 Å². The highest BCUT2D eigenvalue weighted by Gasteiger charge is 2.40. The van der Waals surface area contributed by atoms with Crippen LogP contribution in [0.1, 0.15) is 25.0 Å². The minimum absolute atomic E-state index is 0.278. The summed E-state index contributed by atoms with van der Waals surface area (Å²) in [6, 6.07) is 56.2. The number of hydrogen-bond donors (Lipinski definition) is 0. The van der Waals surface area contributed by atoms with Gasteiger partial charge in [0.05, 0.1) is 11.1 Å². The monoisotopic (exact) mass is 625 g/mol. The Balaban J connectivity index is 1.30. The number of anilines is 6. The second kappa shape index (κ2) is 13.3. The van der Waals surface area contributed by atoms with Gasteiger partial charge in [-0.3, -0.25) is 14.5 Å². The standard InChI is InChI=1S/C43H35N3O2/c1-31(2)44-42(47)40(32-23-27-38(28-24-32)45(34-15-7-3-8-16-34)35-17-9-4-10-18-35)41(43(44)48)33-25-29-39(30-26-33)46(36-19-11-5-12-20-36)37-21-13-6-14-22-37/h3-31H,1-2H3. The molecule has 0 atom stereocenters. The van der Waals surface area contributed by atoms with Gasteiger partial charge in [-0.2, -0.15) is 0 Å². The molecule has 0 saturated heterocycles. The van der Waals surface area contributed by atoms with Gasteiger partial charge >= 0.3 is 0 Å². The molecule has 1 aliphatic heterocycles. The zero-order valence-electron chi connectivity index (χ0n) is 26.9. The third-order valence-electron chi connectivity index (χ3n) is 8.52. The highest BCUT2D eigenvalue weighted by atomic mass is 16.2. The molecular formula is C43H35N3O2. The lowest BCUT2D eigenvalue weighted by Crippen LogP contribution is -2.37. The first-order valence-corrected chi connectivity index (χ1v) is 16.1. The van der Waals surface area contributed by atoms with Crippen LogP contribution < -0.4 is 9.80 Å². The summed E-state index contributed by atoms with van der Waals surface area (Å²) in [5, 5.41) is 0. The number of amides is 2. The van der Waals surface area contributed by atoms with Gasteiger partial charge in [0.1, 0.15) is 0 Å². The predicted molar refractivity (Wildman–Crippen MR) is 196 cm³/mol. The van der Waals surface area contributed by atoms with Crippen molar-refractivity contribution in [1.82, 2.24) is 4.90 Å². The quantitative estimate of drug-likeness (QED) is 0.150. The Morgan fingerprint density at radius 1 is 0.375 bits per heavy atom. The molecule has 0 N–H and O–H groups in total. The van der Waals surface area contributed by atoms with E-state index in [4.69, 9.17) is 0 Å². The third kappa shape index (κ3) is 5.78. The molecule has 0 unspecified atom stereocenters. The Labute approximate surface area is 281 Å². The predicted octanol–water partition coefficient (Wildman–Crippen LogP) is 10.3. The van der Waals surface area contributed by atoms with Crippen LogP contribution in [0.25, 0.3) is 11.1 Å². The minimum atomic E-state index is -0.283. The fourth-order valence-corrected chi connectivity index (χ4v) is 6.31. The molecule has 0 radical (unpaired) electrons. The third-order valence-corrected chi connectivity index (χ3v) is 8.52. The second-order valence-corrected chi connectivity index (χ2v) is 11.9. The van der Waals surface area contributed by atoms with E-state index in [1.54, 1.807) is 0 Å². The fraction of sp³-hybridized carbons (Fsp3) is 0.0698. The van der Waals surface area contributed by atoms with Gasteiger partial charge in [-0.25, -0.2) is 0 Å². The molecule has 5 nitrogen and oxygen atoms in total. The summed E-state index contributed by atoms with van der Waals surface area (Å²) in [4.78, 5) is 33.7. The van der Waals surface area contributed by atoms with Crippen molar-refractivity contribution in [3.8, 4) is 0 Å². The molecule has 7 rings (SSSR count). The van der Waals surface area contributed by atoms with Crippen molar-refractivity contribution in [2.75, 3.05) is 9.80 Å². The van der Waals surface area contributed by atoms with Crippen molar-refractivity contribution in [2.24, 2.45) is 0 Å². The van der Waals surface area contributed by atoms with E-state index in [1.165, 1.54) is 4.90 Å². The number of nitrogens with zero attached hydrogens (tertiary/aromatic N) is 3.